The van der Waals surface area contributed by atoms with Gasteiger partial charge in [-0.1, -0.05) is 27.7 Å². The summed E-state index contributed by atoms with van der Waals surface area (Å²) < 4.78 is 0. The zero-order chi connectivity index (χ0) is 22.4. The van der Waals surface area contributed by atoms with Crippen molar-refractivity contribution in [3.8, 4) is 0 Å². The monoisotopic (exact) mass is 414 g/mol. The molecule has 1 rings (SSSR count). The summed E-state index contributed by atoms with van der Waals surface area (Å²) in [7, 11) is 2.06. The number of hydrogen-bond acceptors (Lipinski definition) is 8. The van der Waals surface area contributed by atoms with Gasteiger partial charge in [-0.15, -0.1) is 0 Å². The van der Waals surface area contributed by atoms with Crippen LogP contribution >= 0.6 is 0 Å². The molecule has 1 fully saturated rings. The lowest BCUT2D eigenvalue weighted by Crippen LogP contribution is -2.47. The molecule has 0 amide bonds. The highest BCUT2D eigenvalue weighted by molar-refractivity contribution is 5.85. The molecule has 0 saturated carbocycles. The molecule has 1 saturated heterocycles. The number of aliphatic carboxylic acids is 1. The highest BCUT2D eigenvalue weighted by Gasteiger charge is 2.24. The van der Waals surface area contributed by atoms with E-state index in [1.165, 1.54) is 0 Å². The standard InChI is InChI=1S/C19H38N4O3.CO2/c1-6-21-11-13-22(15-17(24)19(2,3)4)9-7-20(5)8-10-23(14-12-21)16-18(25)26;2-1-3/h6-16H2,1-5H3,(H,25,26);. The first kappa shape index (κ1) is 27.4. The maximum absolute atomic E-state index is 12.5. The predicted molar refractivity (Wildman–Crippen MR) is 110 cm³/mol. The highest BCUT2D eigenvalue weighted by Crippen LogP contribution is 2.15. The van der Waals surface area contributed by atoms with E-state index in [0.29, 0.717) is 6.54 Å². The van der Waals surface area contributed by atoms with Crippen molar-refractivity contribution in [2.24, 2.45) is 5.41 Å². The average Bonchev–Trinajstić information content (AvgIpc) is 2.61. The van der Waals surface area contributed by atoms with Crippen LogP contribution in [0.4, 0.5) is 0 Å². The number of Topliss-reactive ketones (excluding diaryl/α,β-unsaturated/α-hetero) is 1. The fourth-order valence-corrected chi connectivity index (χ4v) is 2.90. The third kappa shape index (κ3) is 13.2. The first-order valence-electron chi connectivity index (χ1n) is 10.1. The van der Waals surface area contributed by atoms with Crippen molar-refractivity contribution in [3.05, 3.63) is 0 Å². The van der Waals surface area contributed by atoms with E-state index in [4.69, 9.17) is 14.7 Å². The Bertz CT molecular complexity index is 529. The molecule has 1 N–H and O–H groups in total. The minimum absolute atomic E-state index is 0.0948. The summed E-state index contributed by atoms with van der Waals surface area (Å²) in [6.07, 6.45) is 0.250. The van der Waals surface area contributed by atoms with Crippen LogP contribution in [0.15, 0.2) is 0 Å². The lowest BCUT2D eigenvalue weighted by Gasteiger charge is -2.33. The predicted octanol–water partition coefficient (Wildman–Crippen LogP) is -0.0260. The molecule has 0 radical (unpaired) electrons. The Labute approximate surface area is 174 Å². The Morgan fingerprint density at radius 3 is 1.59 bits per heavy atom. The molecular weight excluding hydrogens is 376 g/mol. The van der Waals surface area contributed by atoms with Crippen molar-refractivity contribution in [1.82, 2.24) is 19.6 Å². The van der Waals surface area contributed by atoms with E-state index in [0.717, 1.165) is 58.9 Å². The zero-order valence-electron chi connectivity index (χ0n) is 18.6. The first-order chi connectivity index (χ1) is 13.5. The number of carboxylic acid groups (broad SMARTS) is 1. The van der Waals surface area contributed by atoms with Gasteiger partial charge >= 0.3 is 12.1 Å². The number of ketones is 1. The lowest BCUT2D eigenvalue weighted by atomic mass is 9.90. The van der Waals surface area contributed by atoms with Gasteiger partial charge in [-0.05, 0) is 13.6 Å². The van der Waals surface area contributed by atoms with Crippen molar-refractivity contribution < 1.29 is 24.3 Å². The van der Waals surface area contributed by atoms with Crippen LogP contribution in [0, 0.1) is 5.41 Å². The van der Waals surface area contributed by atoms with E-state index in [1.54, 1.807) is 0 Å². The molecule has 0 aromatic carbocycles. The smallest absolute Gasteiger partial charge is 0.373 e. The Balaban J connectivity index is 0.00000245. The third-order valence-electron chi connectivity index (χ3n) is 5.07. The summed E-state index contributed by atoms with van der Waals surface area (Å²) >= 11 is 0. The van der Waals surface area contributed by atoms with E-state index in [2.05, 4.69) is 28.7 Å². The van der Waals surface area contributed by atoms with Crippen molar-refractivity contribution >= 4 is 17.9 Å². The van der Waals surface area contributed by atoms with Gasteiger partial charge in [-0.3, -0.25) is 19.4 Å². The summed E-state index contributed by atoms with van der Waals surface area (Å²) in [6.45, 7) is 16.3. The average molecular weight is 415 g/mol. The van der Waals surface area contributed by atoms with Gasteiger partial charge in [0.25, 0.3) is 0 Å². The van der Waals surface area contributed by atoms with Crippen LogP contribution < -0.4 is 0 Å². The van der Waals surface area contributed by atoms with Gasteiger partial charge in [0.1, 0.15) is 0 Å². The van der Waals surface area contributed by atoms with Gasteiger partial charge in [0, 0.05) is 57.8 Å². The molecule has 1 heterocycles. The van der Waals surface area contributed by atoms with Gasteiger partial charge in [0.05, 0.1) is 13.1 Å². The molecule has 9 nitrogen and oxygen atoms in total. The molecular formula is C20H38N4O5. The van der Waals surface area contributed by atoms with E-state index in [9.17, 15) is 9.59 Å². The largest absolute Gasteiger partial charge is 0.480 e. The maximum atomic E-state index is 12.5. The van der Waals surface area contributed by atoms with Crippen LogP contribution in [-0.2, 0) is 19.2 Å². The van der Waals surface area contributed by atoms with E-state index in [1.807, 2.05) is 25.7 Å². The molecule has 9 heteroatoms. The van der Waals surface area contributed by atoms with Crippen LogP contribution in [0.1, 0.15) is 27.7 Å². The van der Waals surface area contributed by atoms with Gasteiger partial charge in [0.2, 0.25) is 0 Å². The topological polar surface area (TPSA) is 101 Å². The molecule has 1 aliphatic rings. The molecule has 0 aromatic heterocycles. The second-order valence-corrected chi connectivity index (χ2v) is 8.44. The van der Waals surface area contributed by atoms with E-state index >= 15 is 0 Å². The van der Waals surface area contributed by atoms with Crippen LogP contribution in [0.25, 0.3) is 0 Å². The number of nitrogens with zero attached hydrogens (tertiary/aromatic N) is 4. The molecule has 0 bridgehead atoms. The minimum atomic E-state index is -0.769. The third-order valence-corrected chi connectivity index (χ3v) is 5.07. The molecule has 29 heavy (non-hydrogen) atoms. The normalized spacial score (nSPS) is 19.2. The second-order valence-electron chi connectivity index (χ2n) is 8.44. The van der Waals surface area contributed by atoms with Gasteiger partial charge in [-0.25, -0.2) is 0 Å². The summed E-state index contributed by atoms with van der Waals surface area (Å²) in [5.41, 5.74) is -0.308. The fourth-order valence-electron chi connectivity index (χ4n) is 2.90. The highest BCUT2D eigenvalue weighted by atomic mass is 16.4. The van der Waals surface area contributed by atoms with Crippen molar-refractivity contribution in [1.29, 1.82) is 0 Å². The SMILES string of the molecule is CCN1CCN(CC(=O)O)CCN(C)CCN(CC(=O)C(C)(C)C)CC1.O=C=O. The summed E-state index contributed by atoms with van der Waals surface area (Å²) in [5.74, 6) is -0.488. The Morgan fingerprint density at radius 2 is 1.21 bits per heavy atom. The fraction of sp³-hybridized carbons (Fsp3) is 0.850. The number of carbonyl (C=O) groups excluding carboxylic acids is 3. The lowest BCUT2D eigenvalue weighted by molar-refractivity contribution is -0.191. The van der Waals surface area contributed by atoms with E-state index < -0.39 is 5.97 Å². The Hall–Kier alpha value is -1.64. The van der Waals surface area contributed by atoms with Crippen LogP contribution in [0.3, 0.4) is 0 Å². The van der Waals surface area contributed by atoms with Crippen LogP contribution in [0.2, 0.25) is 0 Å². The molecule has 0 aromatic rings. The quantitative estimate of drug-likeness (QED) is 0.665. The minimum Gasteiger partial charge on any atom is -0.480 e. The van der Waals surface area contributed by atoms with Gasteiger partial charge < -0.3 is 14.9 Å². The van der Waals surface area contributed by atoms with Gasteiger partial charge in [-0.2, -0.15) is 9.59 Å². The summed E-state index contributed by atoms with van der Waals surface area (Å²) in [6, 6.07) is 0. The van der Waals surface area contributed by atoms with Crippen LogP contribution in [-0.4, -0.2) is 122 Å². The maximum Gasteiger partial charge on any atom is 0.373 e. The number of carboxylic acids is 1. The molecule has 0 spiro atoms. The van der Waals surface area contributed by atoms with Crippen molar-refractivity contribution in [3.63, 3.8) is 0 Å². The number of hydrogen-bond donors (Lipinski definition) is 1. The molecule has 0 aliphatic carbocycles. The molecule has 0 atom stereocenters. The second kappa shape index (κ2) is 14.4. The zero-order valence-corrected chi connectivity index (χ0v) is 18.6. The van der Waals surface area contributed by atoms with Crippen molar-refractivity contribution in [2.45, 2.75) is 27.7 Å². The summed E-state index contributed by atoms with van der Waals surface area (Å²) in [5, 5.41) is 9.12. The molecule has 1 aliphatic heterocycles. The number of rotatable bonds is 5. The first-order valence-corrected chi connectivity index (χ1v) is 10.1. The molecule has 0 unspecified atom stereocenters. The molecule has 168 valence electrons. The van der Waals surface area contributed by atoms with E-state index in [-0.39, 0.29) is 23.9 Å². The van der Waals surface area contributed by atoms with Gasteiger partial charge in [0.15, 0.2) is 5.78 Å². The van der Waals surface area contributed by atoms with Crippen LogP contribution in [0.5, 0.6) is 0 Å². The summed E-state index contributed by atoms with van der Waals surface area (Å²) in [4.78, 5) is 48.7. The van der Waals surface area contributed by atoms with Crippen molar-refractivity contribution in [2.75, 3.05) is 79.0 Å². The number of likely N-dealkylation sites (N-methyl/N-ethyl adjacent to an activating group) is 2. The Kier molecular flexibility index (Phi) is 13.5. The Morgan fingerprint density at radius 1 is 0.828 bits per heavy atom. The number of carbonyl (C=O) groups is 2.